The Morgan fingerprint density at radius 1 is 0.957 bits per heavy atom. The van der Waals surface area contributed by atoms with Gasteiger partial charge in [-0.15, -0.1) is 0 Å². The zero-order chi connectivity index (χ0) is 16.4. The van der Waals surface area contributed by atoms with Crippen molar-refractivity contribution < 1.29 is 14.3 Å². The van der Waals surface area contributed by atoms with Crippen molar-refractivity contribution in [2.24, 2.45) is 0 Å². The van der Waals surface area contributed by atoms with Gasteiger partial charge in [-0.25, -0.2) is 0 Å². The van der Waals surface area contributed by atoms with Crippen molar-refractivity contribution in [1.82, 2.24) is 4.90 Å². The van der Waals surface area contributed by atoms with Crippen LogP contribution in [0.25, 0.3) is 0 Å². The maximum Gasteiger partial charge on any atom is 0.263 e. The van der Waals surface area contributed by atoms with Gasteiger partial charge in [-0.1, -0.05) is 24.3 Å². The molecule has 1 aliphatic rings. The van der Waals surface area contributed by atoms with Crippen molar-refractivity contribution in [2.45, 2.75) is 6.92 Å². The Kier molecular flexibility index (Phi) is 4.02. The summed E-state index contributed by atoms with van der Waals surface area (Å²) in [5, 5.41) is 0. The highest BCUT2D eigenvalue weighted by molar-refractivity contribution is 6.21. The largest absolute Gasteiger partial charge is 0.495 e. The topological polar surface area (TPSA) is 49.9 Å². The highest BCUT2D eigenvalue weighted by Gasteiger charge is 2.36. The number of benzene rings is 2. The second-order valence-corrected chi connectivity index (χ2v) is 5.25. The molecule has 1 heterocycles. The van der Waals surface area contributed by atoms with Gasteiger partial charge >= 0.3 is 0 Å². The first-order valence-electron chi connectivity index (χ1n) is 7.50. The van der Waals surface area contributed by atoms with Crippen molar-refractivity contribution in [3.8, 4) is 5.75 Å². The molecule has 0 bridgehead atoms. The maximum absolute atomic E-state index is 12.5. The summed E-state index contributed by atoms with van der Waals surface area (Å²) in [6, 6.07) is 14.5. The molecule has 3 rings (SSSR count). The van der Waals surface area contributed by atoms with E-state index in [1.54, 1.807) is 31.4 Å². The molecule has 0 aromatic heterocycles. The van der Waals surface area contributed by atoms with Gasteiger partial charge in [-0.3, -0.25) is 14.5 Å². The minimum Gasteiger partial charge on any atom is -0.495 e. The van der Waals surface area contributed by atoms with Crippen LogP contribution >= 0.6 is 0 Å². The Morgan fingerprint density at radius 2 is 1.52 bits per heavy atom. The molecular weight excluding hydrogens is 292 g/mol. The molecule has 1 aliphatic heterocycles. The van der Waals surface area contributed by atoms with Crippen molar-refractivity contribution in [1.29, 1.82) is 0 Å². The summed E-state index contributed by atoms with van der Waals surface area (Å²) in [6.45, 7) is 2.82. The standard InChI is InChI=1S/C18H18N2O3/c1-3-19(15-10-6-7-11-16(15)23-2)12-20-17(21)13-8-4-5-9-14(13)18(20)22/h4-11H,3,12H2,1-2H3. The molecule has 118 valence electrons. The number of carbonyl (C=O) groups excluding carboxylic acids is 2. The van der Waals surface area contributed by atoms with E-state index in [9.17, 15) is 9.59 Å². The van der Waals surface area contributed by atoms with Crippen molar-refractivity contribution in [2.75, 3.05) is 25.2 Å². The van der Waals surface area contributed by atoms with Crippen molar-refractivity contribution in [3.05, 3.63) is 59.7 Å². The van der Waals surface area contributed by atoms with Gasteiger partial charge in [0.2, 0.25) is 0 Å². The SMILES string of the molecule is CCN(CN1C(=O)c2ccccc2C1=O)c1ccccc1OC. The van der Waals surface area contributed by atoms with Gasteiger partial charge in [0.1, 0.15) is 12.4 Å². The van der Waals surface area contributed by atoms with Crippen LogP contribution in [0.4, 0.5) is 5.69 Å². The van der Waals surface area contributed by atoms with Gasteiger partial charge in [0, 0.05) is 6.54 Å². The highest BCUT2D eigenvalue weighted by Crippen LogP contribution is 2.29. The third-order valence-corrected chi connectivity index (χ3v) is 4.00. The number of para-hydroxylation sites is 2. The normalized spacial score (nSPS) is 13.2. The molecule has 0 unspecified atom stereocenters. The molecule has 0 spiro atoms. The maximum atomic E-state index is 12.5. The molecule has 0 N–H and O–H groups in total. The molecule has 2 aromatic carbocycles. The lowest BCUT2D eigenvalue weighted by Crippen LogP contribution is -2.41. The zero-order valence-corrected chi connectivity index (χ0v) is 13.2. The molecule has 0 atom stereocenters. The molecule has 0 aliphatic carbocycles. The zero-order valence-electron chi connectivity index (χ0n) is 13.2. The minimum atomic E-state index is -0.251. The minimum absolute atomic E-state index is 0.198. The van der Waals surface area contributed by atoms with Gasteiger partial charge in [0.05, 0.1) is 23.9 Å². The second kappa shape index (κ2) is 6.12. The number of carbonyl (C=O) groups is 2. The van der Waals surface area contributed by atoms with Crippen molar-refractivity contribution >= 4 is 17.5 Å². The van der Waals surface area contributed by atoms with E-state index in [1.165, 1.54) is 4.90 Å². The Bertz CT molecular complexity index is 722. The third kappa shape index (κ3) is 2.54. The van der Waals surface area contributed by atoms with Gasteiger partial charge < -0.3 is 9.64 Å². The van der Waals surface area contributed by atoms with Gasteiger partial charge in [0.15, 0.2) is 0 Å². The van der Waals surface area contributed by atoms with E-state index in [4.69, 9.17) is 4.74 Å². The first-order chi connectivity index (χ1) is 11.2. The number of hydrogen-bond acceptors (Lipinski definition) is 4. The molecule has 0 radical (unpaired) electrons. The predicted octanol–water partition coefficient (Wildman–Crippen LogP) is 2.78. The Hall–Kier alpha value is -2.82. The lowest BCUT2D eigenvalue weighted by molar-refractivity contribution is 0.0654. The number of ether oxygens (including phenoxy) is 1. The number of hydrogen-bond donors (Lipinski definition) is 0. The first-order valence-corrected chi connectivity index (χ1v) is 7.50. The third-order valence-electron chi connectivity index (χ3n) is 4.00. The van der Waals surface area contributed by atoms with Crippen LogP contribution in [0.5, 0.6) is 5.75 Å². The average Bonchev–Trinajstić information content (AvgIpc) is 2.84. The fourth-order valence-corrected chi connectivity index (χ4v) is 2.78. The number of amides is 2. The molecule has 23 heavy (non-hydrogen) atoms. The monoisotopic (exact) mass is 310 g/mol. The number of nitrogens with zero attached hydrogens (tertiary/aromatic N) is 2. The summed E-state index contributed by atoms with van der Waals surface area (Å²) in [4.78, 5) is 28.2. The molecular formula is C18H18N2O3. The molecule has 2 aromatic rings. The van der Waals surface area contributed by atoms with Crippen LogP contribution in [0.1, 0.15) is 27.6 Å². The molecule has 0 saturated heterocycles. The van der Waals surface area contributed by atoms with Gasteiger partial charge in [-0.05, 0) is 31.2 Å². The van der Waals surface area contributed by atoms with E-state index in [0.717, 1.165) is 5.69 Å². The summed E-state index contributed by atoms with van der Waals surface area (Å²) in [7, 11) is 1.61. The van der Waals surface area contributed by atoms with E-state index in [2.05, 4.69) is 0 Å². The van der Waals surface area contributed by atoms with Crippen LogP contribution in [0, 0.1) is 0 Å². The Balaban J connectivity index is 1.89. The van der Waals surface area contributed by atoms with E-state index in [1.807, 2.05) is 36.1 Å². The predicted molar refractivity (Wildman–Crippen MR) is 87.8 cm³/mol. The molecule has 0 saturated carbocycles. The van der Waals surface area contributed by atoms with Gasteiger partial charge in [-0.2, -0.15) is 0 Å². The van der Waals surface area contributed by atoms with E-state index >= 15 is 0 Å². The molecule has 5 nitrogen and oxygen atoms in total. The van der Waals surface area contributed by atoms with Gasteiger partial charge in [0.25, 0.3) is 11.8 Å². The average molecular weight is 310 g/mol. The summed E-state index contributed by atoms with van der Waals surface area (Å²) in [5.74, 6) is 0.212. The lowest BCUT2D eigenvalue weighted by atomic mass is 10.1. The fraction of sp³-hybridized carbons (Fsp3) is 0.222. The molecule has 0 fully saturated rings. The Morgan fingerprint density at radius 3 is 2.09 bits per heavy atom. The lowest BCUT2D eigenvalue weighted by Gasteiger charge is -2.28. The fourth-order valence-electron chi connectivity index (χ4n) is 2.78. The molecule has 5 heteroatoms. The van der Waals surface area contributed by atoms with E-state index in [-0.39, 0.29) is 18.5 Å². The van der Waals surface area contributed by atoms with Crippen LogP contribution in [0.15, 0.2) is 48.5 Å². The number of methoxy groups -OCH3 is 1. The summed E-state index contributed by atoms with van der Waals surface area (Å²) >= 11 is 0. The second-order valence-electron chi connectivity index (χ2n) is 5.25. The number of fused-ring (bicyclic) bond motifs is 1. The molecule has 2 amide bonds. The van der Waals surface area contributed by atoms with Crippen LogP contribution in [0.3, 0.4) is 0 Å². The summed E-state index contributed by atoms with van der Waals surface area (Å²) in [5.41, 5.74) is 1.79. The van der Waals surface area contributed by atoms with E-state index in [0.29, 0.717) is 23.4 Å². The first kappa shape index (κ1) is 15.1. The van der Waals surface area contributed by atoms with Crippen LogP contribution in [0.2, 0.25) is 0 Å². The number of imide groups is 1. The van der Waals surface area contributed by atoms with E-state index < -0.39 is 0 Å². The number of rotatable bonds is 5. The summed E-state index contributed by atoms with van der Waals surface area (Å²) < 4.78 is 5.38. The summed E-state index contributed by atoms with van der Waals surface area (Å²) in [6.07, 6.45) is 0. The van der Waals surface area contributed by atoms with Crippen molar-refractivity contribution in [3.63, 3.8) is 0 Å². The van der Waals surface area contributed by atoms with Crippen LogP contribution in [-0.4, -0.2) is 37.0 Å². The smallest absolute Gasteiger partial charge is 0.263 e. The Labute approximate surface area is 135 Å². The van der Waals surface area contributed by atoms with Crippen LogP contribution in [-0.2, 0) is 0 Å². The number of anilines is 1. The highest BCUT2D eigenvalue weighted by atomic mass is 16.5. The van der Waals surface area contributed by atoms with Crippen LogP contribution < -0.4 is 9.64 Å². The quantitative estimate of drug-likeness (QED) is 0.797.